The molecule has 0 bridgehead atoms. The van der Waals surface area contributed by atoms with Crippen molar-refractivity contribution in [2.45, 2.75) is 0 Å². The van der Waals surface area contributed by atoms with Crippen LogP contribution in [0, 0.1) is 34.9 Å². The van der Waals surface area contributed by atoms with Crippen LogP contribution in [0.25, 0.3) is 27.8 Å². The van der Waals surface area contributed by atoms with Crippen molar-refractivity contribution in [1.82, 2.24) is 34.7 Å². The lowest BCUT2D eigenvalue weighted by Crippen LogP contribution is -2.31. The Kier molecular flexibility index (Phi) is 5.94. The van der Waals surface area contributed by atoms with Crippen LogP contribution in [0.4, 0.5) is 10.2 Å². The molecule has 5 aromatic heterocycles. The number of anilines is 1. The zero-order valence-corrected chi connectivity index (χ0v) is 22.6. The number of carbonyl (C=O) groups excluding carboxylic acids is 1. The third-order valence-electron chi connectivity index (χ3n) is 8.05. The molecule has 0 spiro atoms. The molecule has 0 radical (unpaired) electrons. The summed E-state index contributed by atoms with van der Waals surface area (Å²) in [5.74, 6) is 1.23. The molecule has 6 heterocycles. The summed E-state index contributed by atoms with van der Waals surface area (Å²) in [4.78, 5) is 23.3. The van der Waals surface area contributed by atoms with Crippen LogP contribution in [0.2, 0.25) is 5.02 Å². The summed E-state index contributed by atoms with van der Waals surface area (Å²) in [6, 6.07) is 9.41. The number of hydrogen-bond donors (Lipinski definition) is 1. The van der Waals surface area contributed by atoms with Crippen molar-refractivity contribution in [2.75, 3.05) is 24.5 Å². The minimum absolute atomic E-state index is 0.000742. The van der Waals surface area contributed by atoms with Crippen LogP contribution in [0.3, 0.4) is 0 Å². The molecule has 41 heavy (non-hydrogen) atoms. The molecular formula is C29H23ClFN9O. The lowest BCUT2D eigenvalue weighted by molar-refractivity contribution is 0.0945. The lowest BCUT2D eigenvalue weighted by atomic mass is 10.0. The van der Waals surface area contributed by atoms with E-state index in [9.17, 15) is 14.4 Å². The van der Waals surface area contributed by atoms with Crippen molar-refractivity contribution < 1.29 is 9.18 Å². The fraction of sp³-hybridized carbons (Fsp3) is 0.241. The number of nitrogens with zero attached hydrogens (tertiary/aromatic N) is 8. The van der Waals surface area contributed by atoms with Crippen molar-refractivity contribution in [3.8, 4) is 28.3 Å². The molecule has 0 unspecified atom stereocenters. The normalized spacial score (nSPS) is 19.3. The van der Waals surface area contributed by atoms with E-state index in [-0.39, 0.29) is 10.7 Å². The number of piperidine rings is 1. The second-order valence-corrected chi connectivity index (χ2v) is 10.9. The van der Waals surface area contributed by atoms with Gasteiger partial charge in [-0.1, -0.05) is 11.6 Å². The summed E-state index contributed by atoms with van der Waals surface area (Å²) in [5, 5.41) is 21.3. The van der Waals surface area contributed by atoms with Crippen molar-refractivity contribution >= 4 is 28.8 Å². The van der Waals surface area contributed by atoms with E-state index >= 15 is 0 Å². The molecule has 1 amide bonds. The van der Waals surface area contributed by atoms with Crippen molar-refractivity contribution in [1.29, 1.82) is 5.26 Å². The maximum Gasteiger partial charge on any atom is 0.271 e. The molecule has 0 aromatic carbocycles. The van der Waals surface area contributed by atoms with Crippen molar-refractivity contribution in [3.63, 3.8) is 0 Å². The van der Waals surface area contributed by atoms with Gasteiger partial charge in [0.1, 0.15) is 23.4 Å². The molecular weight excluding hydrogens is 545 g/mol. The van der Waals surface area contributed by atoms with Crippen LogP contribution in [0.15, 0.2) is 61.4 Å². The molecule has 2 fully saturated rings. The minimum Gasteiger partial charge on any atom is -0.356 e. The molecule has 10 nitrogen and oxygen atoms in total. The predicted molar refractivity (Wildman–Crippen MR) is 150 cm³/mol. The first-order valence-electron chi connectivity index (χ1n) is 13.1. The van der Waals surface area contributed by atoms with E-state index in [0.29, 0.717) is 29.9 Å². The number of carbonyl (C=O) groups is 1. The Labute approximate surface area is 239 Å². The Morgan fingerprint density at radius 2 is 1.90 bits per heavy atom. The Balaban J connectivity index is 1.05. The highest BCUT2D eigenvalue weighted by atomic mass is 35.5. The Hall–Kier alpha value is -4.82. The number of halogens is 2. The van der Waals surface area contributed by atoms with E-state index in [2.05, 4.69) is 31.5 Å². The van der Waals surface area contributed by atoms with Crippen LogP contribution in [-0.2, 0) is 7.05 Å². The molecule has 12 heteroatoms. The third kappa shape index (κ3) is 4.46. The summed E-state index contributed by atoms with van der Waals surface area (Å²) < 4.78 is 16.7. The standard InChI is InChI=1S/C29H23ClFN9O/c1-38-12-19(9-36-38)17-4-21(28-18(6-32)8-37-40(28)13-17)16-2-3-26(33-7-16)39-14-23-22(24(23)15-39)11-35-29(41)27-25(30)5-20(31)10-34-27/h2-5,7-10,12-13,22-24H,11,14-15H2,1H3,(H,35,41)/t22-,23-,24+. The highest BCUT2D eigenvalue weighted by Crippen LogP contribution is 2.52. The van der Waals surface area contributed by atoms with Crippen LogP contribution >= 0.6 is 11.6 Å². The first kappa shape index (κ1) is 25.2. The molecule has 1 aliphatic heterocycles. The van der Waals surface area contributed by atoms with Gasteiger partial charge in [0.2, 0.25) is 0 Å². The zero-order valence-electron chi connectivity index (χ0n) is 21.9. The van der Waals surface area contributed by atoms with Gasteiger partial charge in [-0.05, 0) is 42.0 Å². The fourth-order valence-electron chi connectivity index (χ4n) is 5.90. The lowest BCUT2D eigenvalue weighted by Gasteiger charge is -2.21. The smallest absolute Gasteiger partial charge is 0.271 e. The maximum atomic E-state index is 13.2. The van der Waals surface area contributed by atoms with E-state index in [0.717, 1.165) is 58.9 Å². The predicted octanol–water partition coefficient (Wildman–Crippen LogP) is 3.97. The Bertz CT molecular complexity index is 1850. The molecule has 2 aliphatic rings. The molecule has 1 N–H and O–H groups in total. The average Bonchev–Trinajstić information content (AvgIpc) is 3.41. The highest BCUT2D eigenvalue weighted by molar-refractivity contribution is 6.33. The number of aryl methyl sites for hydroxylation is 1. The second-order valence-electron chi connectivity index (χ2n) is 10.5. The highest BCUT2D eigenvalue weighted by Gasteiger charge is 2.55. The van der Waals surface area contributed by atoms with Crippen LogP contribution in [0.5, 0.6) is 0 Å². The monoisotopic (exact) mass is 567 g/mol. The van der Waals surface area contributed by atoms with Gasteiger partial charge in [-0.2, -0.15) is 15.5 Å². The van der Waals surface area contributed by atoms with E-state index in [1.807, 2.05) is 43.8 Å². The van der Waals surface area contributed by atoms with E-state index in [1.54, 1.807) is 21.6 Å². The van der Waals surface area contributed by atoms with Crippen LogP contribution in [0.1, 0.15) is 16.1 Å². The first-order valence-corrected chi connectivity index (χ1v) is 13.5. The zero-order chi connectivity index (χ0) is 28.2. The Morgan fingerprint density at radius 3 is 2.59 bits per heavy atom. The Morgan fingerprint density at radius 1 is 1.07 bits per heavy atom. The summed E-state index contributed by atoms with van der Waals surface area (Å²) in [5.41, 5.74) is 4.91. The number of aromatic nitrogens is 6. The van der Waals surface area contributed by atoms with Gasteiger partial charge in [0.15, 0.2) is 0 Å². The summed E-state index contributed by atoms with van der Waals surface area (Å²) in [7, 11) is 1.87. The third-order valence-corrected chi connectivity index (χ3v) is 8.33. The molecule has 1 saturated carbocycles. The van der Waals surface area contributed by atoms with Gasteiger partial charge in [-0.15, -0.1) is 0 Å². The number of pyridine rings is 3. The van der Waals surface area contributed by atoms with Gasteiger partial charge >= 0.3 is 0 Å². The molecule has 3 atom stereocenters. The second kappa shape index (κ2) is 9.67. The number of rotatable bonds is 6. The average molecular weight is 568 g/mol. The van der Waals surface area contributed by atoms with E-state index in [1.165, 1.54) is 0 Å². The van der Waals surface area contributed by atoms with Gasteiger partial charge in [-0.25, -0.2) is 18.9 Å². The SMILES string of the molecule is Cn1cc(-c2cc(-c3ccc(N4C[C@@H]5[C@@H](CNC(=O)c6ncc(F)cc6Cl)[C@@H]5C4)nc3)c3c(C#N)cnn3c2)cn1. The number of fused-ring (bicyclic) bond motifs is 2. The topological polar surface area (TPSA) is 117 Å². The number of amides is 1. The molecule has 1 saturated heterocycles. The van der Waals surface area contributed by atoms with Gasteiger partial charge in [0.05, 0.1) is 34.7 Å². The van der Waals surface area contributed by atoms with E-state index < -0.39 is 11.7 Å². The van der Waals surface area contributed by atoms with Gasteiger partial charge < -0.3 is 10.2 Å². The van der Waals surface area contributed by atoms with Crippen LogP contribution < -0.4 is 10.2 Å². The number of nitrogens with one attached hydrogen (secondary N) is 1. The summed E-state index contributed by atoms with van der Waals surface area (Å²) in [6.07, 6.45) is 10.0. The molecule has 7 rings (SSSR count). The summed E-state index contributed by atoms with van der Waals surface area (Å²) >= 11 is 5.96. The summed E-state index contributed by atoms with van der Waals surface area (Å²) in [6.45, 7) is 2.24. The van der Waals surface area contributed by atoms with Gasteiger partial charge in [0.25, 0.3) is 5.91 Å². The van der Waals surface area contributed by atoms with E-state index in [4.69, 9.17) is 16.6 Å². The van der Waals surface area contributed by atoms with Crippen molar-refractivity contribution in [2.24, 2.45) is 24.8 Å². The van der Waals surface area contributed by atoms with Gasteiger partial charge in [-0.3, -0.25) is 9.48 Å². The molecule has 204 valence electrons. The largest absolute Gasteiger partial charge is 0.356 e. The van der Waals surface area contributed by atoms with Crippen molar-refractivity contribution in [3.05, 3.63) is 83.5 Å². The maximum absolute atomic E-state index is 13.2. The fourth-order valence-corrected chi connectivity index (χ4v) is 6.14. The minimum atomic E-state index is -0.578. The quantitative estimate of drug-likeness (QED) is 0.330. The number of hydrogen-bond acceptors (Lipinski definition) is 7. The molecule has 1 aliphatic carbocycles. The van der Waals surface area contributed by atoms with Crippen LogP contribution in [-0.4, -0.2) is 54.9 Å². The van der Waals surface area contributed by atoms with Gasteiger partial charge in [0, 0.05) is 67.5 Å². The first-order chi connectivity index (χ1) is 19.9. The molecule has 5 aromatic rings. The number of nitriles is 1.